The standard InChI is InChI=1S/C18H26N4O2/c1-13(2)16(23)18(3,4)12-19-17(24)21-14-6-8-15(9-7-14)22-11-5-10-20-22/h5-11,13,16,23H,12H2,1-4H3,(H2,19,21,24). The van der Waals surface area contributed by atoms with E-state index in [9.17, 15) is 9.90 Å². The third-order valence-electron chi connectivity index (χ3n) is 4.03. The number of amides is 2. The fourth-order valence-electron chi connectivity index (χ4n) is 2.61. The Hall–Kier alpha value is -2.34. The number of carbonyl (C=O) groups is 1. The Morgan fingerprint density at radius 2 is 1.96 bits per heavy atom. The van der Waals surface area contributed by atoms with Crippen LogP contribution in [0.2, 0.25) is 0 Å². The number of carbonyl (C=O) groups excluding carboxylic acids is 1. The van der Waals surface area contributed by atoms with Gasteiger partial charge in [0.25, 0.3) is 0 Å². The minimum Gasteiger partial charge on any atom is -0.392 e. The lowest BCUT2D eigenvalue weighted by atomic mass is 9.81. The normalized spacial score (nSPS) is 12.9. The van der Waals surface area contributed by atoms with Crippen LogP contribution in [-0.2, 0) is 0 Å². The first-order valence-corrected chi connectivity index (χ1v) is 8.12. The predicted molar refractivity (Wildman–Crippen MR) is 95.2 cm³/mol. The number of aliphatic hydroxyl groups excluding tert-OH is 1. The van der Waals surface area contributed by atoms with Gasteiger partial charge in [-0.25, -0.2) is 9.48 Å². The predicted octanol–water partition coefficient (Wildman–Crippen LogP) is 3.04. The average molecular weight is 330 g/mol. The number of nitrogens with one attached hydrogen (secondary N) is 2. The highest BCUT2D eigenvalue weighted by molar-refractivity contribution is 5.89. The molecule has 2 aromatic rings. The van der Waals surface area contributed by atoms with Crippen molar-refractivity contribution in [2.45, 2.75) is 33.8 Å². The number of hydrogen-bond acceptors (Lipinski definition) is 3. The zero-order valence-corrected chi connectivity index (χ0v) is 14.7. The van der Waals surface area contributed by atoms with Crippen LogP contribution in [0.4, 0.5) is 10.5 Å². The van der Waals surface area contributed by atoms with Crippen LogP contribution in [0.15, 0.2) is 42.7 Å². The number of hydrogen-bond donors (Lipinski definition) is 3. The van der Waals surface area contributed by atoms with E-state index in [1.54, 1.807) is 10.9 Å². The Bertz CT molecular complexity index is 648. The molecule has 0 aliphatic rings. The highest BCUT2D eigenvalue weighted by Gasteiger charge is 2.30. The first-order chi connectivity index (χ1) is 11.3. The van der Waals surface area contributed by atoms with Crippen LogP contribution in [0.1, 0.15) is 27.7 Å². The van der Waals surface area contributed by atoms with Gasteiger partial charge >= 0.3 is 6.03 Å². The molecule has 24 heavy (non-hydrogen) atoms. The van der Waals surface area contributed by atoms with Crippen molar-refractivity contribution >= 4 is 11.7 Å². The molecule has 3 N–H and O–H groups in total. The molecule has 2 amide bonds. The largest absolute Gasteiger partial charge is 0.392 e. The number of anilines is 1. The van der Waals surface area contributed by atoms with Gasteiger partial charge in [0.15, 0.2) is 0 Å². The van der Waals surface area contributed by atoms with Crippen molar-refractivity contribution in [3.8, 4) is 5.69 Å². The molecule has 0 radical (unpaired) electrons. The van der Waals surface area contributed by atoms with Crippen molar-refractivity contribution in [2.75, 3.05) is 11.9 Å². The molecule has 0 bridgehead atoms. The third-order valence-corrected chi connectivity index (χ3v) is 4.03. The molecular formula is C18H26N4O2. The van der Waals surface area contributed by atoms with Crippen molar-refractivity contribution < 1.29 is 9.90 Å². The quantitative estimate of drug-likeness (QED) is 0.761. The summed E-state index contributed by atoms with van der Waals surface area (Å²) in [6, 6.07) is 8.98. The summed E-state index contributed by atoms with van der Waals surface area (Å²) >= 11 is 0. The maximum atomic E-state index is 12.0. The van der Waals surface area contributed by atoms with Crippen LogP contribution in [-0.4, -0.2) is 33.6 Å². The molecule has 1 aromatic carbocycles. The van der Waals surface area contributed by atoms with Gasteiger partial charge in [-0.15, -0.1) is 0 Å². The molecule has 0 fully saturated rings. The van der Waals surface area contributed by atoms with Gasteiger partial charge in [0.1, 0.15) is 0 Å². The second-order valence-corrected chi connectivity index (χ2v) is 6.98. The summed E-state index contributed by atoms with van der Waals surface area (Å²) in [5, 5.41) is 20.0. The highest BCUT2D eigenvalue weighted by atomic mass is 16.3. The average Bonchev–Trinajstić information content (AvgIpc) is 3.07. The second kappa shape index (κ2) is 7.49. The summed E-state index contributed by atoms with van der Waals surface area (Å²) < 4.78 is 1.75. The number of rotatable bonds is 6. The van der Waals surface area contributed by atoms with Crippen LogP contribution in [0, 0.1) is 11.3 Å². The third kappa shape index (κ3) is 4.58. The minimum atomic E-state index is -0.480. The molecular weight excluding hydrogens is 304 g/mol. The molecule has 2 rings (SSSR count). The second-order valence-electron chi connectivity index (χ2n) is 6.98. The summed E-state index contributed by atoms with van der Waals surface area (Å²) in [6.07, 6.45) is 3.09. The Labute approximate surface area is 142 Å². The molecule has 0 saturated heterocycles. The van der Waals surface area contributed by atoms with Crippen LogP contribution in [0.3, 0.4) is 0 Å². The lowest BCUT2D eigenvalue weighted by Crippen LogP contribution is -2.44. The molecule has 1 atom stereocenters. The smallest absolute Gasteiger partial charge is 0.319 e. The maximum Gasteiger partial charge on any atom is 0.319 e. The Kier molecular flexibility index (Phi) is 5.62. The van der Waals surface area contributed by atoms with Gasteiger partial charge in [0.2, 0.25) is 0 Å². The lowest BCUT2D eigenvalue weighted by molar-refractivity contribution is 0.0154. The monoisotopic (exact) mass is 330 g/mol. The van der Waals surface area contributed by atoms with E-state index in [4.69, 9.17) is 0 Å². The number of aromatic nitrogens is 2. The summed E-state index contributed by atoms with van der Waals surface area (Å²) in [5.74, 6) is 0.139. The van der Waals surface area contributed by atoms with E-state index in [-0.39, 0.29) is 11.9 Å². The molecule has 6 nitrogen and oxygen atoms in total. The van der Waals surface area contributed by atoms with Gasteiger partial charge in [0, 0.05) is 30.0 Å². The zero-order chi connectivity index (χ0) is 17.7. The molecule has 0 spiro atoms. The van der Waals surface area contributed by atoms with Crippen molar-refractivity contribution in [1.82, 2.24) is 15.1 Å². The Balaban J connectivity index is 1.88. The van der Waals surface area contributed by atoms with Crippen LogP contribution in [0.5, 0.6) is 0 Å². The van der Waals surface area contributed by atoms with Crippen molar-refractivity contribution in [2.24, 2.45) is 11.3 Å². The molecule has 130 valence electrons. The van der Waals surface area contributed by atoms with Crippen LogP contribution in [0.25, 0.3) is 5.69 Å². The minimum absolute atomic E-state index is 0.139. The van der Waals surface area contributed by atoms with E-state index in [2.05, 4.69) is 15.7 Å². The van der Waals surface area contributed by atoms with E-state index < -0.39 is 11.5 Å². The molecule has 1 aromatic heterocycles. The first kappa shape index (κ1) is 18.0. The van der Waals surface area contributed by atoms with Crippen molar-refractivity contribution in [3.05, 3.63) is 42.7 Å². The zero-order valence-electron chi connectivity index (χ0n) is 14.7. The van der Waals surface area contributed by atoms with Crippen LogP contribution < -0.4 is 10.6 Å². The molecule has 0 saturated carbocycles. The molecule has 6 heteroatoms. The van der Waals surface area contributed by atoms with E-state index in [1.807, 2.05) is 64.2 Å². The Morgan fingerprint density at radius 3 is 2.50 bits per heavy atom. The highest BCUT2D eigenvalue weighted by Crippen LogP contribution is 2.25. The van der Waals surface area contributed by atoms with E-state index in [1.165, 1.54) is 0 Å². The first-order valence-electron chi connectivity index (χ1n) is 8.12. The van der Waals surface area contributed by atoms with Gasteiger partial charge in [-0.1, -0.05) is 27.7 Å². The summed E-state index contributed by atoms with van der Waals surface area (Å²) in [6.45, 7) is 8.21. The van der Waals surface area contributed by atoms with Crippen LogP contribution >= 0.6 is 0 Å². The van der Waals surface area contributed by atoms with E-state index in [0.29, 0.717) is 12.2 Å². The molecule has 1 heterocycles. The van der Waals surface area contributed by atoms with Gasteiger partial charge in [-0.05, 0) is 36.2 Å². The van der Waals surface area contributed by atoms with E-state index >= 15 is 0 Å². The summed E-state index contributed by atoms with van der Waals surface area (Å²) in [7, 11) is 0. The summed E-state index contributed by atoms with van der Waals surface area (Å²) in [4.78, 5) is 12.0. The fourth-order valence-corrected chi connectivity index (χ4v) is 2.61. The fraction of sp³-hybridized carbons (Fsp3) is 0.444. The van der Waals surface area contributed by atoms with Crippen molar-refractivity contribution in [1.29, 1.82) is 0 Å². The molecule has 0 aliphatic carbocycles. The van der Waals surface area contributed by atoms with Gasteiger partial charge < -0.3 is 15.7 Å². The maximum absolute atomic E-state index is 12.0. The van der Waals surface area contributed by atoms with Crippen molar-refractivity contribution in [3.63, 3.8) is 0 Å². The Morgan fingerprint density at radius 1 is 1.29 bits per heavy atom. The number of nitrogens with zero attached hydrogens (tertiary/aromatic N) is 2. The SMILES string of the molecule is CC(C)C(O)C(C)(C)CNC(=O)Nc1ccc(-n2cccn2)cc1. The number of aliphatic hydroxyl groups is 1. The van der Waals surface area contributed by atoms with Gasteiger partial charge in [0.05, 0.1) is 11.8 Å². The number of urea groups is 1. The topological polar surface area (TPSA) is 79.2 Å². The molecule has 1 unspecified atom stereocenters. The van der Waals surface area contributed by atoms with E-state index in [0.717, 1.165) is 5.69 Å². The van der Waals surface area contributed by atoms with Gasteiger partial charge in [-0.2, -0.15) is 5.10 Å². The lowest BCUT2D eigenvalue weighted by Gasteiger charge is -2.33. The summed E-state index contributed by atoms with van der Waals surface area (Å²) in [5.41, 5.74) is 1.23. The number of benzene rings is 1. The van der Waals surface area contributed by atoms with Gasteiger partial charge in [-0.3, -0.25) is 0 Å². The molecule has 0 aliphatic heterocycles.